The molecule has 1 amide bonds. The predicted octanol–water partition coefficient (Wildman–Crippen LogP) is 1.71. The maximum absolute atomic E-state index is 12.1. The SMILES string of the molecule is COC1(CC(=O)NC2CCCCC2C(=O)O)CCC1. The van der Waals surface area contributed by atoms with E-state index in [9.17, 15) is 14.7 Å². The first-order valence-electron chi connectivity index (χ1n) is 7.14. The van der Waals surface area contributed by atoms with Crippen molar-refractivity contribution in [1.29, 1.82) is 0 Å². The second-order valence-electron chi connectivity index (χ2n) is 5.82. The molecule has 0 radical (unpaired) electrons. The molecule has 0 heterocycles. The summed E-state index contributed by atoms with van der Waals surface area (Å²) in [5.41, 5.74) is -0.294. The lowest BCUT2D eigenvalue weighted by molar-refractivity contribution is -0.144. The zero-order valence-electron chi connectivity index (χ0n) is 11.5. The van der Waals surface area contributed by atoms with Crippen LogP contribution in [0.1, 0.15) is 51.4 Å². The summed E-state index contributed by atoms with van der Waals surface area (Å²) >= 11 is 0. The molecule has 0 aromatic heterocycles. The molecule has 0 bridgehead atoms. The second kappa shape index (κ2) is 5.90. The van der Waals surface area contributed by atoms with Crippen molar-refractivity contribution in [3.05, 3.63) is 0 Å². The first-order chi connectivity index (χ1) is 9.06. The normalized spacial score (nSPS) is 29.3. The van der Waals surface area contributed by atoms with E-state index in [-0.39, 0.29) is 17.6 Å². The molecule has 2 unspecified atom stereocenters. The van der Waals surface area contributed by atoms with Crippen LogP contribution < -0.4 is 5.32 Å². The van der Waals surface area contributed by atoms with Gasteiger partial charge < -0.3 is 15.2 Å². The number of carbonyl (C=O) groups is 2. The van der Waals surface area contributed by atoms with Gasteiger partial charge in [-0.15, -0.1) is 0 Å². The Bertz CT molecular complexity index is 346. The first kappa shape index (κ1) is 14.3. The van der Waals surface area contributed by atoms with E-state index in [0.717, 1.165) is 38.5 Å². The highest BCUT2D eigenvalue weighted by atomic mass is 16.5. The third kappa shape index (κ3) is 3.26. The Kier molecular flexibility index (Phi) is 4.45. The summed E-state index contributed by atoms with van der Waals surface area (Å²) in [5.74, 6) is -1.30. The van der Waals surface area contributed by atoms with Gasteiger partial charge in [0.05, 0.1) is 17.9 Å². The van der Waals surface area contributed by atoms with Crippen LogP contribution in [0.2, 0.25) is 0 Å². The Morgan fingerprint density at radius 3 is 2.47 bits per heavy atom. The van der Waals surface area contributed by atoms with Crippen LogP contribution in [0, 0.1) is 5.92 Å². The molecule has 2 fully saturated rings. The van der Waals surface area contributed by atoms with Gasteiger partial charge in [-0.25, -0.2) is 0 Å². The van der Waals surface area contributed by atoms with E-state index in [4.69, 9.17) is 4.74 Å². The minimum atomic E-state index is -0.796. The van der Waals surface area contributed by atoms with Crippen molar-refractivity contribution >= 4 is 11.9 Å². The Morgan fingerprint density at radius 1 is 1.26 bits per heavy atom. The monoisotopic (exact) mass is 269 g/mol. The number of rotatable bonds is 5. The molecular formula is C14H23NO4. The molecule has 19 heavy (non-hydrogen) atoms. The van der Waals surface area contributed by atoms with Crippen LogP contribution >= 0.6 is 0 Å². The molecule has 2 N–H and O–H groups in total. The molecule has 0 aliphatic heterocycles. The Hall–Kier alpha value is -1.10. The summed E-state index contributed by atoms with van der Waals surface area (Å²) in [5, 5.41) is 12.1. The molecule has 5 heteroatoms. The predicted molar refractivity (Wildman–Crippen MR) is 69.7 cm³/mol. The molecule has 2 atom stereocenters. The quantitative estimate of drug-likeness (QED) is 0.796. The Labute approximate surface area is 113 Å². The average molecular weight is 269 g/mol. The van der Waals surface area contributed by atoms with E-state index in [1.807, 2.05) is 0 Å². The van der Waals surface area contributed by atoms with Crippen molar-refractivity contribution in [2.45, 2.75) is 63.0 Å². The summed E-state index contributed by atoms with van der Waals surface area (Å²) in [6.07, 6.45) is 6.65. The van der Waals surface area contributed by atoms with E-state index in [1.165, 1.54) is 0 Å². The van der Waals surface area contributed by atoms with Crippen molar-refractivity contribution in [3.63, 3.8) is 0 Å². The van der Waals surface area contributed by atoms with Gasteiger partial charge in [0.2, 0.25) is 5.91 Å². The minimum absolute atomic E-state index is 0.0697. The average Bonchev–Trinajstić information content (AvgIpc) is 2.34. The number of ether oxygens (including phenoxy) is 1. The summed E-state index contributed by atoms with van der Waals surface area (Å²) in [6, 6.07) is -0.215. The van der Waals surface area contributed by atoms with E-state index in [2.05, 4.69) is 5.32 Å². The van der Waals surface area contributed by atoms with Gasteiger partial charge in [0.15, 0.2) is 0 Å². The van der Waals surface area contributed by atoms with Crippen molar-refractivity contribution in [3.8, 4) is 0 Å². The van der Waals surface area contributed by atoms with Crippen LogP contribution in [0.3, 0.4) is 0 Å². The number of methoxy groups -OCH3 is 1. The highest BCUT2D eigenvalue weighted by Crippen LogP contribution is 2.38. The fraction of sp³-hybridized carbons (Fsp3) is 0.857. The number of aliphatic carboxylic acids is 1. The van der Waals surface area contributed by atoms with Crippen LogP contribution in [-0.4, -0.2) is 35.7 Å². The third-order valence-electron chi connectivity index (χ3n) is 4.61. The van der Waals surface area contributed by atoms with E-state index in [0.29, 0.717) is 12.8 Å². The molecule has 2 rings (SSSR count). The second-order valence-corrected chi connectivity index (χ2v) is 5.82. The van der Waals surface area contributed by atoms with Gasteiger partial charge in [-0.05, 0) is 32.1 Å². The number of carbonyl (C=O) groups excluding carboxylic acids is 1. The molecule has 0 aromatic carbocycles. The third-order valence-corrected chi connectivity index (χ3v) is 4.61. The maximum Gasteiger partial charge on any atom is 0.308 e. The zero-order chi connectivity index (χ0) is 13.9. The van der Waals surface area contributed by atoms with Gasteiger partial charge in [-0.2, -0.15) is 0 Å². The molecule has 2 aliphatic rings. The zero-order valence-corrected chi connectivity index (χ0v) is 11.5. The van der Waals surface area contributed by atoms with Crippen molar-refractivity contribution < 1.29 is 19.4 Å². The largest absolute Gasteiger partial charge is 0.481 e. The van der Waals surface area contributed by atoms with E-state index in [1.54, 1.807) is 7.11 Å². The summed E-state index contributed by atoms with van der Waals surface area (Å²) in [4.78, 5) is 23.2. The Balaban J connectivity index is 1.88. The van der Waals surface area contributed by atoms with Gasteiger partial charge in [0.1, 0.15) is 0 Å². The lowest BCUT2D eigenvalue weighted by atomic mass is 9.77. The van der Waals surface area contributed by atoms with E-state index < -0.39 is 11.9 Å². The number of nitrogens with one attached hydrogen (secondary N) is 1. The fourth-order valence-electron chi connectivity index (χ4n) is 3.17. The molecular weight excluding hydrogens is 246 g/mol. The highest BCUT2D eigenvalue weighted by Gasteiger charge is 2.40. The molecule has 0 spiro atoms. The lowest BCUT2D eigenvalue weighted by Gasteiger charge is -2.40. The van der Waals surface area contributed by atoms with Gasteiger partial charge in [0.25, 0.3) is 0 Å². The van der Waals surface area contributed by atoms with Crippen LogP contribution in [0.4, 0.5) is 0 Å². The van der Waals surface area contributed by atoms with Crippen molar-refractivity contribution in [1.82, 2.24) is 5.32 Å². The van der Waals surface area contributed by atoms with Crippen LogP contribution in [0.5, 0.6) is 0 Å². The molecule has 0 saturated heterocycles. The lowest BCUT2D eigenvalue weighted by Crippen LogP contribution is -2.49. The van der Waals surface area contributed by atoms with Crippen molar-refractivity contribution in [2.24, 2.45) is 5.92 Å². The fourth-order valence-corrected chi connectivity index (χ4v) is 3.17. The van der Waals surface area contributed by atoms with Crippen LogP contribution in [0.15, 0.2) is 0 Å². The van der Waals surface area contributed by atoms with Gasteiger partial charge in [-0.3, -0.25) is 9.59 Å². The smallest absolute Gasteiger partial charge is 0.308 e. The Morgan fingerprint density at radius 2 is 1.95 bits per heavy atom. The molecule has 5 nitrogen and oxygen atoms in total. The van der Waals surface area contributed by atoms with Crippen LogP contribution in [-0.2, 0) is 14.3 Å². The first-order valence-corrected chi connectivity index (χ1v) is 7.14. The van der Waals surface area contributed by atoms with Gasteiger partial charge in [0, 0.05) is 13.2 Å². The standard InChI is InChI=1S/C14H23NO4/c1-19-14(7-4-8-14)9-12(16)15-11-6-3-2-5-10(11)13(17)18/h10-11H,2-9H2,1H3,(H,15,16)(H,17,18). The molecule has 108 valence electrons. The van der Waals surface area contributed by atoms with Gasteiger partial charge >= 0.3 is 5.97 Å². The number of carboxylic acid groups (broad SMARTS) is 1. The summed E-state index contributed by atoms with van der Waals surface area (Å²) in [7, 11) is 1.65. The summed E-state index contributed by atoms with van der Waals surface area (Å²) < 4.78 is 5.43. The minimum Gasteiger partial charge on any atom is -0.481 e. The molecule has 2 aliphatic carbocycles. The van der Waals surface area contributed by atoms with Gasteiger partial charge in [-0.1, -0.05) is 12.8 Å². The van der Waals surface area contributed by atoms with Crippen molar-refractivity contribution in [2.75, 3.05) is 7.11 Å². The highest BCUT2D eigenvalue weighted by molar-refractivity contribution is 5.79. The number of hydrogen-bond donors (Lipinski definition) is 2. The topological polar surface area (TPSA) is 75.6 Å². The molecule has 2 saturated carbocycles. The maximum atomic E-state index is 12.1. The van der Waals surface area contributed by atoms with E-state index >= 15 is 0 Å². The number of carboxylic acids is 1. The number of amides is 1. The summed E-state index contributed by atoms with van der Waals surface area (Å²) in [6.45, 7) is 0. The number of hydrogen-bond acceptors (Lipinski definition) is 3. The molecule has 0 aromatic rings. The van der Waals surface area contributed by atoms with Crippen LogP contribution in [0.25, 0.3) is 0 Å².